The first kappa shape index (κ1) is 12.9. The maximum absolute atomic E-state index is 12.3. The predicted molar refractivity (Wildman–Crippen MR) is 63.0 cm³/mol. The molecule has 0 amide bonds. The molecule has 1 aromatic carbocycles. The second kappa shape index (κ2) is 4.59. The lowest BCUT2D eigenvalue weighted by atomic mass is 10.2. The maximum atomic E-state index is 12.3. The zero-order valence-electron chi connectivity index (χ0n) is 9.44. The number of H-pyrrole nitrogens is 1. The van der Waals surface area contributed by atoms with Crippen molar-refractivity contribution < 1.29 is 13.2 Å². The van der Waals surface area contributed by atoms with Gasteiger partial charge >= 0.3 is 6.18 Å². The summed E-state index contributed by atoms with van der Waals surface area (Å²) in [7, 11) is 0. The zero-order chi connectivity index (χ0) is 14.0. The summed E-state index contributed by atoms with van der Waals surface area (Å²) in [5.41, 5.74) is 10.6. The van der Waals surface area contributed by atoms with E-state index in [9.17, 15) is 13.2 Å². The summed E-state index contributed by atoms with van der Waals surface area (Å²) in [6.07, 6.45) is -4.38. The van der Waals surface area contributed by atoms with Gasteiger partial charge in [0.1, 0.15) is 5.82 Å². The van der Waals surface area contributed by atoms with Crippen LogP contribution in [-0.4, -0.2) is 10.2 Å². The van der Waals surface area contributed by atoms with Crippen LogP contribution in [0.15, 0.2) is 34.5 Å². The molecular formula is C10H9F3N6. The number of nitrogens with zero attached hydrogens (tertiary/aromatic N) is 3. The van der Waals surface area contributed by atoms with E-state index < -0.39 is 11.7 Å². The smallest absolute Gasteiger partial charge is 0.382 e. The molecule has 2 aromatic rings. The van der Waals surface area contributed by atoms with Crippen molar-refractivity contribution in [3.63, 3.8) is 0 Å². The van der Waals surface area contributed by atoms with Crippen LogP contribution in [0.5, 0.6) is 0 Å². The third kappa shape index (κ3) is 2.81. The number of aromatic amines is 1. The van der Waals surface area contributed by atoms with Crippen LogP contribution in [0.3, 0.4) is 0 Å². The molecule has 0 atom stereocenters. The topological polar surface area (TPSA) is 105 Å². The molecule has 100 valence electrons. The molecule has 0 fully saturated rings. The number of rotatable bonds is 2. The minimum Gasteiger partial charge on any atom is -0.382 e. The van der Waals surface area contributed by atoms with E-state index in [2.05, 4.69) is 20.4 Å². The fourth-order valence-corrected chi connectivity index (χ4v) is 1.29. The van der Waals surface area contributed by atoms with Crippen molar-refractivity contribution in [2.45, 2.75) is 6.18 Å². The highest BCUT2D eigenvalue weighted by Gasteiger charge is 2.29. The summed E-state index contributed by atoms with van der Waals surface area (Å²) in [5, 5.41) is 13.5. The van der Waals surface area contributed by atoms with Gasteiger partial charge < -0.3 is 11.5 Å². The van der Waals surface area contributed by atoms with Gasteiger partial charge in [-0.3, -0.25) is 5.10 Å². The Kier molecular flexibility index (Phi) is 3.11. The first-order valence-corrected chi connectivity index (χ1v) is 5.06. The second-order valence-electron chi connectivity index (χ2n) is 3.62. The van der Waals surface area contributed by atoms with Crippen molar-refractivity contribution in [1.29, 1.82) is 0 Å². The van der Waals surface area contributed by atoms with E-state index in [1.54, 1.807) is 0 Å². The van der Waals surface area contributed by atoms with E-state index in [-0.39, 0.29) is 23.0 Å². The fraction of sp³-hybridized carbons (Fsp3) is 0.100. The van der Waals surface area contributed by atoms with Crippen molar-refractivity contribution in [3.05, 3.63) is 29.8 Å². The summed E-state index contributed by atoms with van der Waals surface area (Å²) < 4.78 is 37.0. The van der Waals surface area contributed by atoms with E-state index >= 15 is 0 Å². The van der Waals surface area contributed by atoms with Crippen LogP contribution < -0.4 is 11.5 Å². The van der Waals surface area contributed by atoms with Gasteiger partial charge in [0.05, 0.1) is 11.3 Å². The Morgan fingerprint density at radius 2 is 1.68 bits per heavy atom. The third-order valence-corrected chi connectivity index (χ3v) is 2.25. The number of anilines is 2. The molecule has 2 rings (SSSR count). The second-order valence-corrected chi connectivity index (χ2v) is 3.62. The van der Waals surface area contributed by atoms with Crippen LogP contribution in [0.2, 0.25) is 0 Å². The molecule has 19 heavy (non-hydrogen) atoms. The lowest BCUT2D eigenvalue weighted by Gasteiger charge is -2.05. The SMILES string of the molecule is Nc1n[nH]c(N)c1N=Nc1ccc(C(F)(F)F)cc1. The Hall–Kier alpha value is -2.58. The number of alkyl halides is 3. The molecule has 9 heteroatoms. The number of nitrogens with two attached hydrogens (primary N) is 2. The lowest BCUT2D eigenvalue weighted by Crippen LogP contribution is -2.03. The lowest BCUT2D eigenvalue weighted by molar-refractivity contribution is -0.137. The number of azo groups is 1. The van der Waals surface area contributed by atoms with Crippen LogP contribution in [-0.2, 0) is 6.18 Å². The number of halogens is 3. The quantitative estimate of drug-likeness (QED) is 0.730. The molecule has 0 spiro atoms. The van der Waals surface area contributed by atoms with Gasteiger partial charge in [-0.15, -0.1) is 5.11 Å². The zero-order valence-corrected chi connectivity index (χ0v) is 9.44. The highest BCUT2D eigenvalue weighted by Crippen LogP contribution is 2.31. The van der Waals surface area contributed by atoms with Crippen LogP contribution in [0.4, 0.5) is 36.2 Å². The van der Waals surface area contributed by atoms with Gasteiger partial charge in [0, 0.05) is 0 Å². The van der Waals surface area contributed by atoms with Crippen molar-refractivity contribution in [1.82, 2.24) is 10.2 Å². The molecule has 0 aliphatic heterocycles. The molecule has 0 bridgehead atoms. The van der Waals surface area contributed by atoms with Crippen molar-refractivity contribution >= 4 is 23.0 Å². The summed E-state index contributed by atoms with van der Waals surface area (Å²) in [6, 6.07) is 4.21. The van der Waals surface area contributed by atoms with Crippen LogP contribution >= 0.6 is 0 Å². The minimum atomic E-state index is -4.38. The van der Waals surface area contributed by atoms with Crippen molar-refractivity contribution in [2.24, 2.45) is 10.2 Å². The first-order valence-electron chi connectivity index (χ1n) is 5.06. The number of aromatic nitrogens is 2. The van der Waals surface area contributed by atoms with Gasteiger partial charge in [0.2, 0.25) is 0 Å². The molecule has 0 aliphatic rings. The summed E-state index contributed by atoms with van der Waals surface area (Å²) >= 11 is 0. The van der Waals surface area contributed by atoms with Crippen LogP contribution in [0.25, 0.3) is 0 Å². The van der Waals surface area contributed by atoms with Crippen LogP contribution in [0.1, 0.15) is 5.56 Å². The third-order valence-electron chi connectivity index (χ3n) is 2.25. The Morgan fingerprint density at radius 1 is 1.05 bits per heavy atom. The molecule has 1 aromatic heterocycles. The highest BCUT2D eigenvalue weighted by molar-refractivity contribution is 5.70. The molecule has 0 radical (unpaired) electrons. The van der Waals surface area contributed by atoms with Gasteiger partial charge in [-0.05, 0) is 24.3 Å². The summed E-state index contributed by atoms with van der Waals surface area (Å²) in [6.45, 7) is 0. The summed E-state index contributed by atoms with van der Waals surface area (Å²) in [4.78, 5) is 0. The Bertz CT molecular complexity index is 579. The minimum absolute atomic E-state index is 0.0631. The van der Waals surface area contributed by atoms with E-state index in [1.807, 2.05) is 0 Å². The maximum Gasteiger partial charge on any atom is 0.416 e. The number of nitrogens with one attached hydrogen (secondary N) is 1. The van der Waals surface area contributed by atoms with Gasteiger partial charge in [-0.2, -0.15) is 23.4 Å². The summed E-state index contributed by atoms with van der Waals surface area (Å²) in [5.74, 6) is 0.196. The molecular weight excluding hydrogens is 261 g/mol. The number of hydrogen-bond donors (Lipinski definition) is 3. The molecule has 0 aliphatic carbocycles. The highest BCUT2D eigenvalue weighted by atomic mass is 19.4. The van der Waals surface area contributed by atoms with Gasteiger partial charge in [-0.1, -0.05) is 0 Å². The number of benzene rings is 1. The Labute approximate surface area is 105 Å². The van der Waals surface area contributed by atoms with Gasteiger partial charge in [0.25, 0.3) is 0 Å². The molecule has 5 N–H and O–H groups in total. The molecule has 6 nitrogen and oxygen atoms in total. The normalized spacial score (nSPS) is 12.2. The van der Waals surface area contributed by atoms with Crippen LogP contribution in [0, 0.1) is 0 Å². The molecule has 0 saturated heterocycles. The average molecular weight is 270 g/mol. The van der Waals surface area contributed by atoms with Crippen molar-refractivity contribution in [2.75, 3.05) is 11.5 Å². The van der Waals surface area contributed by atoms with E-state index in [4.69, 9.17) is 11.5 Å². The van der Waals surface area contributed by atoms with E-state index in [1.165, 1.54) is 12.1 Å². The Balaban J connectivity index is 2.21. The Morgan fingerprint density at radius 3 is 2.16 bits per heavy atom. The van der Waals surface area contributed by atoms with Gasteiger partial charge in [-0.25, -0.2) is 0 Å². The first-order chi connectivity index (χ1) is 8.88. The molecule has 1 heterocycles. The largest absolute Gasteiger partial charge is 0.416 e. The average Bonchev–Trinajstić information content (AvgIpc) is 2.66. The number of nitrogen functional groups attached to an aromatic ring is 2. The molecule has 0 saturated carbocycles. The number of hydrogen-bond acceptors (Lipinski definition) is 5. The van der Waals surface area contributed by atoms with E-state index in [0.717, 1.165) is 12.1 Å². The van der Waals surface area contributed by atoms with Gasteiger partial charge in [0.15, 0.2) is 11.5 Å². The van der Waals surface area contributed by atoms with Crippen molar-refractivity contribution in [3.8, 4) is 0 Å². The fourth-order valence-electron chi connectivity index (χ4n) is 1.29. The monoisotopic (exact) mass is 270 g/mol. The molecule has 0 unspecified atom stereocenters. The predicted octanol–water partition coefficient (Wildman–Crippen LogP) is 3.01. The van der Waals surface area contributed by atoms with E-state index in [0.29, 0.717) is 0 Å². The standard InChI is InChI=1S/C10H9F3N6/c11-10(12,13)5-1-3-6(4-2-5)16-17-7-8(14)18-19-9(7)15/h1-4H,(H5,14,15,18,19).